The average molecular weight is 224 g/mol. The first kappa shape index (κ1) is 9.84. The van der Waals surface area contributed by atoms with Crippen molar-refractivity contribution in [2.45, 2.75) is 6.92 Å². The number of nitrogen functional groups attached to an aromatic ring is 1. The summed E-state index contributed by atoms with van der Waals surface area (Å²) in [7, 11) is 0. The number of anilines is 1. The van der Waals surface area contributed by atoms with E-state index in [9.17, 15) is 0 Å². The molecule has 84 valence electrons. The third-order valence-corrected chi connectivity index (χ3v) is 2.73. The summed E-state index contributed by atoms with van der Waals surface area (Å²) in [6.07, 6.45) is 1.73. The maximum Gasteiger partial charge on any atom is 0.197 e. The van der Waals surface area contributed by atoms with Crippen LogP contribution in [0.1, 0.15) is 5.69 Å². The van der Waals surface area contributed by atoms with Crippen molar-refractivity contribution in [3.63, 3.8) is 0 Å². The summed E-state index contributed by atoms with van der Waals surface area (Å²) in [6, 6.07) is 10.2. The minimum absolute atomic E-state index is 0.433. The minimum Gasteiger partial charge on any atom is -0.369 e. The molecule has 0 amide bonds. The maximum absolute atomic E-state index is 5.57. The number of aromatic nitrogens is 3. The van der Waals surface area contributed by atoms with Gasteiger partial charge in [0.25, 0.3) is 0 Å². The monoisotopic (exact) mass is 224 g/mol. The Morgan fingerprint density at radius 1 is 1.18 bits per heavy atom. The molecule has 0 unspecified atom stereocenters. The first-order chi connectivity index (χ1) is 8.22. The zero-order valence-corrected chi connectivity index (χ0v) is 9.44. The third kappa shape index (κ3) is 1.73. The largest absolute Gasteiger partial charge is 0.369 e. The molecule has 0 spiro atoms. The number of hydrogen-bond donors (Lipinski definition) is 2. The van der Waals surface area contributed by atoms with Gasteiger partial charge in [0.15, 0.2) is 5.95 Å². The van der Waals surface area contributed by atoms with Crippen molar-refractivity contribution in [3.8, 4) is 11.3 Å². The van der Waals surface area contributed by atoms with Gasteiger partial charge < -0.3 is 10.7 Å². The fourth-order valence-corrected chi connectivity index (χ4v) is 1.88. The Bertz CT molecular complexity index is 685. The molecule has 17 heavy (non-hydrogen) atoms. The van der Waals surface area contributed by atoms with E-state index in [1.165, 1.54) is 0 Å². The first-order valence-electron chi connectivity index (χ1n) is 5.41. The van der Waals surface area contributed by atoms with Crippen LogP contribution in [-0.2, 0) is 0 Å². The number of benzene rings is 1. The van der Waals surface area contributed by atoms with Crippen LogP contribution in [0, 0.1) is 6.92 Å². The lowest BCUT2D eigenvalue weighted by molar-refractivity contribution is 1.26. The molecule has 4 nitrogen and oxygen atoms in total. The molecule has 1 aromatic carbocycles. The molecule has 0 aliphatic carbocycles. The van der Waals surface area contributed by atoms with E-state index < -0.39 is 0 Å². The van der Waals surface area contributed by atoms with Gasteiger partial charge in [0.2, 0.25) is 0 Å². The fourth-order valence-electron chi connectivity index (χ4n) is 1.88. The first-order valence-corrected chi connectivity index (χ1v) is 5.41. The van der Waals surface area contributed by atoms with Gasteiger partial charge in [-0.25, -0.2) is 4.98 Å². The molecule has 0 bridgehead atoms. The molecular weight excluding hydrogens is 212 g/mol. The van der Waals surface area contributed by atoms with E-state index in [2.05, 4.69) is 27.1 Å². The van der Waals surface area contributed by atoms with Gasteiger partial charge in [-0.3, -0.25) is 4.98 Å². The Labute approximate surface area is 98.5 Å². The average Bonchev–Trinajstić information content (AvgIpc) is 2.75. The minimum atomic E-state index is 0.433. The second kappa shape index (κ2) is 3.59. The molecule has 0 saturated heterocycles. The molecular formula is C13H12N4. The molecule has 4 heteroatoms. The van der Waals surface area contributed by atoms with Crippen LogP contribution in [0.4, 0.5) is 5.95 Å². The highest BCUT2D eigenvalue weighted by Gasteiger charge is 2.03. The summed E-state index contributed by atoms with van der Waals surface area (Å²) < 4.78 is 0. The number of hydrogen-bond acceptors (Lipinski definition) is 3. The summed E-state index contributed by atoms with van der Waals surface area (Å²) in [5.41, 5.74) is 9.58. The number of nitrogens with zero attached hydrogens (tertiary/aromatic N) is 2. The van der Waals surface area contributed by atoms with Crippen LogP contribution >= 0.6 is 0 Å². The number of nitrogens with one attached hydrogen (secondary N) is 1. The van der Waals surface area contributed by atoms with Gasteiger partial charge in [-0.05, 0) is 25.1 Å². The van der Waals surface area contributed by atoms with Crippen molar-refractivity contribution < 1.29 is 0 Å². The molecule has 0 saturated carbocycles. The summed E-state index contributed by atoms with van der Waals surface area (Å²) in [6.45, 7) is 1.99. The highest BCUT2D eigenvalue weighted by atomic mass is 15.0. The number of fused-ring (bicyclic) bond motifs is 1. The van der Waals surface area contributed by atoms with Crippen molar-refractivity contribution in [2.24, 2.45) is 0 Å². The van der Waals surface area contributed by atoms with Crippen molar-refractivity contribution in [1.82, 2.24) is 15.0 Å². The molecule has 3 aromatic rings. The maximum atomic E-state index is 5.57. The smallest absolute Gasteiger partial charge is 0.197 e. The predicted molar refractivity (Wildman–Crippen MR) is 68.5 cm³/mol. The number of aryl methyl sites for hydroxylation is 1. The van der Waals surface area contributed by atoms with Gasteiger partial charge in [0.05, 0.1) is 17.4 Å². The highest BCUT2D eigenvalue weighted by Crippen LogP contribution is 2.22. The summed E-state index contributed by atoms with van der Waals surface area (Å²) >= 11 is 0. The zero-order chi connectivity index (χ0) is 11.8. The van der Waals surface area contributed by atoms with E-state index in [-0.39, 0.29) is 0 Å². The Balaban J connectivity index is 2.16. The van der Waals surface area contributed by atoms with Gasteiger partial charge in [-0.2, -0.15) is 0 Å². The van der Waals surface area contributed by atoms with Crippen LogP contribution in [0.15, 0.2) is 36.5 Å². The Morgan fingerprint density at radius 3 is 2.82 bits per heavy atom. The van der Waals surface area contributed by atoms with E-state index in [1.54, 1.807) is 6.20 Å². The molecule has 0 aliphatic rings. The topological polar surface area (TPSA) is 67.6 Å². The van der Waals surface area contributed by atoms with Crippen LogP contribution in [0.5, 0.6) is 0 Å². The van der Waals surface area contributed by atoms with Gasteiger partial charge >= 0.3 is 0 Å². The van der Waals surface area contributed by atoms with Crippen LogP contribution < -0.4 is 5.73 Å². The molecule has 3 N–H and O–H groups in total. The number of rotatable bonds is 1. The molecule has 0 atom stereocenters. The van der Waals surface area contributed by atoms with Crippen LogP contribution in [0.2, 0.25) is 0 Å². The number of H-pyrrole nitrogens is 1. The lowest BCUT2D eigenvalue weighted by atomic mass is 10.1. The molecule has 2 heterocycles. The standard InChI is InChI=1S/C13H12N4/c1-8-2-3-9-6-10(4-5-11(9)16-8)12-7-15-13(14)17-12/h2-7H,1H3,(H3,14,15,17). The quantitative estimate of drug-likeness (QED) is 0.667. The van der Waals surface area contributed by atoms with Crippen LogP contribution in [0.25, 0.3) is 22.2 Å². The van der Waals surface area contributed by atoms with E-state index in [1.807, 2.05) is 25.1 Å². The zero-order valence-electron chi connectivity index (χ0n) is 9.44. The predicted octanol–water partition coefficient (Wildman–Crippen LogP) is 2.52. The molecule has 0 radical (unpaired) electrons. The Kier molecular flexibility index (Phi) is 2.08. The third-order valence-electron chi connectivity index (χ3n) is 2.73. The summed E-state index contributed by atoms with van der Waals surface area (Å²) in [5, 5.41) is 1.11. The Morgan fingerprint density at radius 2 is 2.06 bits per heavy atom. The number of pyridine rings is 1. The van der Waals surface area contributed by atoms with E-state index in [4.69, 9.17) is 5.73 Å². The summed E-state index contributed by atoms with van der Waals surface area (Å²) in [4.78, 5) is 11.5. The van der Waals surface area contributed by atoms with Gasteiger partial charge in [-0.15, -0.1) is 0 Å². The van der Waals surface area contributed by atoms with Gasteiger partial charge in [-0.1, -0.05) is 12.1 Å². The van der Waals surface area contributed by atoms with Crippen molar-refractivity contribution in [1.29, 1.82) is 0 Å². The number of nitrogens with two attached hydrogens (primary N) is 1. The van der Waals surface area contributed by atoms with Crippen LogP contribution in [-0.4, -0.2) is 15.0 Å². The van der Waals surface area contributed by atoms with Crippen molar-refractivity contribution in [2.75, 3.05) is 5.73 Å². The van der Waals surface area contributed by atoms with Crippen molar-refractivity contribution in [3.05, 3.63) is 42.2 Å². The van der Waals surface area contributed by atoms with Crippen molar-refractivity contribution >= 4 is 16.9 Å². The molecule has 2 aromatic heterocycles. The Hall–Kier alpha value is -2.36. The highest BCUT2D eigenvalue weighted by molar-refractivity contribution is 5.83. The van der Waals surface area contributed by atoms with Gasteiger partial charge in [0.1, 0.15) is 0 Å². The molecule has 0 fully saturated rings. The van der Waals surface area contributed by atoms with E-state index in [0.29, 0.717) is 5.95 Å². The van der Waals surface area contributed by atoms with E-state index in [0.717, 1.165) is 27.9 Å². The van der Waals surface area contributed by atoms with Crippen LogP contribution in [0.3, 0.4) is 0 Å². The number of imidazole rings is 1. The normalized spacial score (nSPS) is 10.9. The SMILES string of the molecule is Cc1ccc2cc(-c3cnc(N)[nH]3)ccc2n1. The number of aromatic amines is 1. The lowest BCUT2D eigenvalue weighted by Gasteiger charge is -2.02. The van der Waals surface area contributed by atoms with E-state index >= 15 is 0 Å². The molecule has 3 rings (SSSR count). The second-order valence-electron chi connectivity index (χ2n) is 4.04. The lowest BCUT2D eigenvalue weighted by Crippen LogP contribution is -1.86. The molecule has 0 aliphatic heterocycles. The second-order valence-corrected chi connectivity index (χ2v) is 4.04. The van der Waals surface area contributed by atoms with Gasteiger partial charge in [0, 0.05) is 16.6 Å². The summed E-state index contributed by atoms with van der Waals surface area (Å²) in [5.74, 6) is 0.433. The fraction of sp³-hybridized carbons (Fsp3) is 0.0769.